The highest BCUT2D eigenvalue weighted by Gasteiger charge is 2.03. The number of nitrogen functional groups attached to an aromatic ring is 1. The third-order valence-electron chi connectivity index (χ3n) is 2.92. The van der Waals surface area contributed by atoms with E-state index in [0.717, 1.165) is 22.6 Å². The first-order chi connectivity index (χ1) is 9.69. The average Bonchev–Trinajstić information content (AvgIpc) is 2.45. The van der Waals surface area contributed by atoms with E-state index < -0.39 is 0 Å². The van der Waals surface area contributed by atoms with E-state index in [-0.39, 0.29) is 0 Å². The first kappa shape index (κ1) is 13.9. The zero-order valence-electron chi connectivity index (χ0n) is 11.9. The second-order valence-corrected chi connectivity index (χ2v) is 4.63. The van der Waals surface area contributed by atoms with Gasteiger partial charge in [0.25, 0.3) is 0 Å². The highest BCUT2D eigenvalue weighted by atomic mass is 15.4. The molecule has 2 aromatic rings. The van der Waals surface area contributed by atoms with Gasteiger partial charge in [0.05, 0.1) is 6.54 Å². The number of nitrogens with two attached hydrogens (primary N) is 1. The highest BCUT2D eigenvalue weighted by molar-refractivity contribution is 5.98. The maximum atomic E-state index is 5.79. The Morgan fingerprint density at radius 1 is 1.15 bits per heavy atom. The normalized spacial score (nSPS) is 11.2. The fourth-order valence-corrected chi connectivity index (χ4v) is 2.01. The van der Waals surface area contributed by atoms with E-state index >= 15 is 0 Å². The van der Waals surface area contributed by atoms with Crippen molar-refractivity contribution < 1.29 is 0 Å². The molecule has 0 aromatic heterocycles. The number of benzene rings is 2. The maximum Gasteiger partial charge on any atom is 0.153 e. The lowest BCUT2D eigenvalue weighted by atomic mass is 10.2. The van der Waals surface area contributed by atoms with E-state index in [2.05, 4.69) is 10.4 Å². The maximum absolute atomic E-state index is 5.79. The number of hydrogen-bond donors (Lipinski definition) is 2. The van der Waals surface area contributed by atoms with Crippen LogP contribution in [0.15, 0.2) is 59.7 Å². The summed E-state index contributed by atoms with van der Waals surface area (Å²) in [4.78, 5) is 0. The summed E-state index contributed by atoms with van der Waals surface area (Å²) in [5.41, 5.74) is 8.76. The quantitative estimate of drug-likeness (QED) is 0.387. The standard InChI is InChI=1S/C16H20N4/c1-18-16(14-8-4-3-5-9-14)19-20(2)12-13-7-6-10-15(17)11-13/h3-11H,12,17H2,1-2H3,(H,18,19). The summed E-state index contributed by atoms with van der Waals surface area (Å²) in [6.45, 7) is 0.711. The third kappa shape index (κ3) is 3.75. The second kappa shape index (κ2) is 6.61. The van der Waals surface area contributed by atoms with Crippen molar-refractivity contribution in [1.82, 2.24) is 10.3 Å². The Kier molecular flexibility index (Phi) is 4.60. The van der Waals surface area contributed by atoms with Crippen LogP contribution in [0.3, 0.4) is 0 Å². The van der Waals surface area contributed by atoms with Crippen molar-refractivity contribution in [1.29, 1.82) is 0 Å². The molecule has 104 valence electrons. The van der Waals surface area contributed by atoms with Crippen LogP contribution in [-0.4, -0.2) is 24.9 Å². The minimum Gasteiger partial charge on any atom is -0.399 e. The van der Waals surface area contributed by atoms with Gasteiger partial charge in [0.15, 0.2) is 5.84 Å². The molecule has 0 saturated carbocycles. The largest absolute Gasteiger partial charge is 0.399 e. The molecule has 20 heavy (non-hydrogen) atoms. The molecule has 0 fully saturated rings. The average molecular weight is 268 g/mol. The summed E-state index contributed by atoms with van der Waals surface area (Å²) >= 11 is 0. The monoisotopic (exact) mass is 268 g/mol. The first-order valence-electron chi connectivity index (χ1n) is 6.56. The van der Waals surface area contributed by atoms with Gasteiger partial charge in [-0.3, -0.25) is 5.01 Å². The summed E-state index contributed by atoms with van der Waals surface area (Å²) in [7, 11) is 3.82. The summed E-state index contributed by atoms with van der Waals surface area (Å²) < 4.78 is 0. The fraction of sp³-hybridized carbons (Fsp3) is 0.188. The number of hydrogen-bond acceptors (Lipinski definition) is 3. The molecule has 0 unspecified atom stereocenters. The van der Waals surface area contributed by atoms with Crippen LogP contribution in [-0.2, 0) is 6.54 Å². The van der Waals surface area contributed by atoms with Crippen LogP contribution in [0.2, 0.25) is 0 Å². The zero-order chi connectivity index (χ0) is 14.4. The summed E-state index contributed by atoms with van der Waals surface area (Å²) in [6.07, 6.45) is 0. The minimum absolute atomic E-state index is 0.711. The summed E-state index contributed by atoms with van der Waals surface area (Å²) in [5, 5.41) is 9.61. The number of nitrogens with one attached hydrogen (secondary N) is 1. The second-order valence-electron chi connectivity index (χ2n) is 4.63. The van der Waals surface area contributed by atoms with Gasteiger partial charge >= 0.3 is 0 Å². The van der Waals surface area contributed by atoms with Crippen molar-refractivity contribution in [3.05, 3.63) is 65.7 Å². The Morgan fingerprint density at radius 2 is 1.90 bits per heavy atom. The molecule has 0 radical (unpaired) electrons. The lowest BCUT2D eigenvalue weighted by Crippen LogP contribution is -2.24. The van der Waals surface area contributed by atoms with E-state index in [1.165, 1.54) is 0 Å². The van der Waals surface area contributed by atoms with Gasteiger partial charge in [-0.15, -0.1) is 0 Å². The molecule has 0 saturated heterocycles. The molecule has 0 bridgehead atoms. The molecule has 0 aliphatic carbocycles. The van der Waals surface area contributed by atoms with Crippen LogP contribution in [0.25, 0.3) is 0 Å². The molecule has 0 aliphatic rings. The van der Waals surface area contributed by atoms with Crippen LogP contribution in [0, 0.1) is 0 Å². The Morgan fingerprint density at radius 3 is 2.55 bits per heavy atom. The Hall–Kier alpha value is -2.49. The van der Waals surface area contributed by atoms with E-state index in [9.17, 15) is 0 Å². The molecular weight excluding hydrogens is 248 g/mol. The van der Waals surface area contributed by atoms with Gasteiger partial charge in [-0.25, -0.2) is 0 Å². The molecule has 2 rings (SSSR count). The van der Waals surface area contributed by atoms with Gasteiger partial charge in [0.1, 0.15) is 0 Å². The lowest BCUT2D eigenvalue weighted by molar-refractivity contribution is 0.345. The van der Waals surface area contributed by atoms with Crippen LogP contribution < -0.4 is 11.1 Å². The van der Waals surface area contributed by atoms with E-state index in [1.54, 1.807) is 0 Å². The van der Waals surface area contributed by atoms with E-state index in [4.69, 9.17) is 5.73 Å². The molecule has 0 heterocycles. The minimum atomic E-state index is 0.711. The van der Waals surface area contributed by atoms with Crippen LogP contribution in [0.4, 0.5) is 5.69 Å². The van der Waals surface area contributed by atoms with Crippen molar-refractivity contribution >= 4 is 11.5 Å². The molecule has 3 N–H and O–H groups in total. The number of amidine groups is 1. The smallest absolute Gasteiger partial charge is 0.153 e. The molecule has 0 spiro atoms. The predicted molar refractivity (Wildman–Crippen MR) is 84.4 cm³/mol. The molecule has 0 atom stereocenters. The topological polar surface area (TPSA) is 53.7 Å². The van der Waals surface area contributed by atoms with Gasteiger partial charge in [-0.2, -0.15) is 5.10 Å². The van der Waals surface area contributed by atoms with Crippen LogP contribution >= 0.6 is 0 Å². The number of nitrogens with zero attached hydrogens (tertiary/aromatic N) is 2. The number of anilines is 1. The molecule has 0 aliphatic heterocycles. The predicted octanol–water partition coefficient (Wildman–Crippen LogP) is 2.28. The van der Waals surface area contributed by atoms with E-state index in [1.807, 2.05) is 73.7 Å². The van der Waals surface area contributed by atoms with Crippen molar-refractivity contribution in [2.45, 2.75) is 6.54 Å². The van der Waals surface area contributed by atoms with E-state index in [0.29, 0.717) is 6.54 Å². The Bertz CT molecular complexity index is 578. The van der Waals surface area contributed by atoms with Gasteiger partial charge in [-0.1, -0.05) is 42.5 Å². The molecule has 0 amide bonds. The van der Waals surface area contributed by atoms with Crippen molar-refractivity contribution in [2.24, 2.45) is 5.10 Å². The molecule has 4 heteroatoms. The van der Waals surface area contributed by atoms with Gasteiger partial charge in [0, 0.05) is 25.3 Å². The fourth-order valence-electron chi connectivity index (χ4n) is 2.01. The van der Waals surface area contributed by atoms with Crippen molar-refractivity contribution in [2.75, 3.05) is 19.8 Å². The van der Waals surface area contributed by atoms with Crippen LogP contribution in [0.1, 0.15) is 11.1 Å². The van der Waals surface area contributed by atoms with Gasteiger partial charge in [0.2, 0.25) is 0 Å². The lowest BCUT2D eigenvalue weighted by Gasteiger charge is -2.16. The molecular formula is C16H20N4. The Labute approximate surface area is 119 Å². The van der Waals surface area contributed by atoms with Gasteiger partial charge in [-0.05, 0) is 17.7 Å². The van der Waals surface area contributed by atoms with Crippen LogP contribution in [0.5, 0.6) is 0 Å². The highest BCUT2D eigenvalue weighted by Crippen LogP contribution is 2.09. The SMILES string of the molecule is CN/C(=N\N(C)Cc1cccc(N)c1)c1ccccc1. The zero-order valence-corrected chi connectivity index (χ0v) is 11.9. The molecule has 4 nitrogen and oxygen atoms in total. The summed E-state index contributed by atoms with van der Waals surface area (Å²) in [6, 6.07) is 17.9. The molecule has 2 aromatic carbocycles. The summed E-state index contributed by atoms with van der Waals surface area (Å²) in [5.74, 6) is 0.844. The Balaban J connectivity index is 2.12. The first-order valence-corrected chi connectivity index (χ1v) is 6.56. The number of rotatable bonds is 4. The number of hydrazone groups is 1. The van der Waals surface area contributed by atoms with Crippen molar-refractivity contribution in [3.8, 4) is 0 Å². The van der Waals surface area contributed by atoms with Crippen molar-refractivity contribution in [3.63, 3.8) is 0 Å². The third-order valence-corrected chi connectivity index (χ3v) is 2.92. The van der Waals surface area contributed by atoms with Gasteiger partial charge < -0.3 is 11.1 Å².